The lowest BCUT2D eigenvalue weighted by atomic mass is 9.79. The Bertz CT molecular complexity index is 391. The molecule has 16 heavy (non-hydrogen) atoms. The van der Waals surface area contributed by atoms with Crippen LogP contribution in [0.4, 0.5) is 5.69 Å². The Balaban J connectivity index is 1.95. The van der Waals surface area contributed by atoms with E-state index in [0.29, 0.717) is 12.0 Å². The van der Waals surface area contributed by atoms with E-state index in [0.717, 1.165) is 6.54 Å². The van der Waals surface area contributed by atoms with E-state index < -0.39 is 0 Å². The number of fused-ring (bicyclic) bond motifs is 2. The third-order valence-electron chi connectivity index (χ3n) is 3.98. The van der Waals surface area contributed by atoms with Crippen LogP contribution in [0.2, 0.25) is 0 Å². The highest BCUT2D eigenvalue weighted by molar-refractivity contribution is 5.56. The highest BCUT2D eigenvalue weighted by Gasteiger charge is 2.37. The predicted molar refractivity (Wildman–Crippen MR) is 66.4 cm³/mol. The minimum absolute atomic E-state index is 0.185. The van der Waals surface area contributed by atoms with Crippen molar-refractivity contribution in [1.29, 1.82) is 0 Å². The van der Waals surface area contributed by atoms with Crippen LogP contribution in [0.25, 0.3) is 0 Å². The Morgan fingerprint density at radius 1 is 1.38 bits per heavy atom. The first-order valence-corrected chi connectivity index (χ1v) is 6.05. The fourth-order valence-electron chi connectivity index (χ4n) is 3.04. The van der Waals surface area contributed by atoms with Gasteiger partial charge in [-0.15, -0.1) is 0 Å². The van der Waals surface area contributed by atoms with Gasteiger partial charge in [0.05, 0.1) is 0 Å². The van der Waals surface area contributed by atoms with Crippen LogP contribution in [0.15, 0.2) is 24.3 Å². The normalized spacial score (nSPS) is 33.8. The fourth-order valence-corrected chi connectivity index (χ4v) is 3.04. The van der Waals surface area contributed by atoms with Gasteiger partial charge in [0.1, 0.15) is 0 Å². The van der Waals surface area contributed by atoms with Crippen LogP contribution >= 0.6 is 0 Å². The lowest BCUT2D eigenvalue weighted by Gasteiger charge is -2.44. The molecule has 3 rings (SSSR count). The minimum atomic E-state index is 0.185. The average molecular weight is 217 g/mol. The van der Waals surface area contributed by atoms with Crippen molar-refractivity contribution in [1.82, 2.24) is 4.90 Å². The van der Waals surface area contributed by atoms with Gasteiger partial charge in [0.15, 0.2) is 0 Å². The molecule has 0 saturated carbocycles. The number of rotatable bonds is 0. The molecule has 1 fully saturated rings. The van der Waals surface area contributed by atoms with E-state index in [4.69, 9.17) is 5.73 Å². The lowest BCUT2D eigenvalue weighted by Crippen LogP contribution is -2.51. The van der Waals surface area contributed by atoms with Gasteiger partial charge in [-0.3, -0.25) is 0 Å². The molecule has 0 bridgehead atoms. The third-order valence-corrected chi connectivity index (χ3v) is 3.98. The topological polar surface area (TPSA) is 41.3 Å². The fraction of sp³-hybridized carbons (Fsp3) is 0.538. The summed E-state index contributed by atoms with van der Waals surface area (Å²) in [4.78, 5) is 2.39. The number of piperidine rings is 1. The van der Waals surface area contributed by atoms with Gasteiger partial charge in [-0.05, 0) is 31.6 Å². The van der Waals surface area contributed by atoms with Gasteiger partial charge >= 0.3 is 0 Å². The SMILES string of the molecule is CN1CCC2Nc3ccccc3C(N)C2C1. The molecule has 1 aromatic carbocycles. The Kier molecular flexibility index (Phi) is 2.37. The molecule has 86 valence electrons. The van der Waals surface area contributed by atoms with Crippen molar-refractivity contribution in [3.05, 3.63) is 29.8 Å². The maximum absolute atomic E-state index is 6.40. The maximum Gasteiger partial charge on any atom is 0.0391 e. The molecule has 0 spiro atoms. The van der Waals surface area contributed by atoms with Crippen LogP contribution in [0.5, 0.6) is 0 Å². The Morgan fingerprint density at radius 3 is 3.06 bits per heavy atom. The molecule has 0 amide bonds. The number of hydrogen-bond donors (Lipinski definition) is 2. The van der Waals surface area contributed by atoms with Crippen LogP contribution < -0.4 is 11.1 Å². The van der Waals surface area contributed by atoms with Crippen LogP contribution in [0.3, 0.4) is 0 Å². The van der Waals surface area contributed by atoms with Crippen molar-refractivity contribution in [3.63, 3.8) is 0 Å². The molecular formula is C13H19N3. The zero-order chi connectivity index (χ0) is 11.1. The molecule has 0 aromatic heterocycles. The number of benzene rings is 1. The molecular weight excluding hydrogens is 198 g/mol. The zero-order valence-corrected chi connectivity index (χ0v) is 9.69. The highest BCUT2D eigenvalue weighted by atomic mass is 15.1. The first kappa shape index (κ1) is 10.1. The van der Waals surface area contributed by atoms with E-state index in [1.54, 1.807) is 0 Å². The summed E-state index contributed by atoms with van der Waals surface area (Å²) in [7, 11) is 2.18. The van der Waals surface area contributed by atoms with Gasteiger partial charge in [0, 0.05) is 30.2 Å². The van der Waals surface area contributed by atoms with Gasteiger partial charge < -0.3 is 16.0 Å². The quantitative estimate of drug-likeness (QED) is 0.691. The first-order chi connectivity index (χ1) is 7.75. The molecule has 1 aromatic rings. The minimum Gasteiger partial charge on any atom is -0.382 e. The largest absolute Gasteiger partial charge is 0.382 e. The third kappa shape index (κ3) is 1.51. The Labute approximate surface area is 96.6 Å². The van der Waals surface area contributed by atoms with E-state index in [9.17, 15) is 0 Å². The average Bonchev–Trinajstić information content (AvgIpc) is 2.31. The molecule has 3 N–H and O–H groups in total. The second-order valence-electron chi connectivity index (χ2n) is 5.08. The number of nitrogens with zero attached hydrogens (tertiary/aromatic N) is 1. The van der Waals surface area contributed by atoms with Gasteiger partial charge in [-0.25, -0.2) is 0 Å². The van der Waals surface area contributed by atoms with Crippen LogP contribution in [0.1, 0.15) is 18.0 Å². The van der Waals surface area contributed by atoms with Crippen molar-refractivity contribution in [2.75, 3.05) is 25.5 Å². The Hall–Kier alpha value is -1.06. The highest BCUT2D eigenvalue weighted by Crippen LogP contribution is 2.38. The van der Waals surface area contributed by atoms with Gasteiger partial charge in [-0.1, -0.05) is 18.2 Å². The molecule has 2 heterocycles. The van der Waals surface area contributed by atoms with Crippen molar-refractivity contribution >= 4 is 5.69 Å². The van der Waals surface area contributed by atoms with Gasteiger partial charge in [0.25, 0.3) is 0 Å². The first-order valence-electron chi connectivity index (χ1n) is 6.05. The maximum atomic E-state index is 6.40. The molecule has 0 aliphatic carbocycles. The summed E-state index contributed by atoms with van der Waals surface area (Å²) in [6.45, 7) is 2.27. The van der Waals surface area contributed by atoms with Gasteiger partial charge in [0.2, 0.25) is 0 Å². The number of hydrogen-bond acceptors (Lipinski definition) is 3. The van der Waals surface area contributed by atoms with Crippen LogP contribution in [0, 0.1) is 5.92 Å². The molecule has 2 aliphatic rings. The predicted octanol–water partition coefficient (Wildman–Crippen LogP) is 1.43. The van der Waals surface area contributed by atoms with Gasteiger partial charge in [-0.2, -0.15) is 0 Å². The van der Waals surface area contributed by atoms with E-state index in [2.05, 4.69) is 41.5 Å². The number of likely N-dealkylation sites (tertiary alicyclic amines) is 1. The number of para-hydroxylation sites is 1. The summed E-state index contributed by atoms with van der Waals surface area (Å²) in [5, 5.41) is 3.64. The standard InChI is InChI=1S/C13H19N3/c1-16-7-6-12-10(8-16)13(14)9-4-2-3-5-11(9)15-12/h2-5,10,12-13,15H,6-8,14H2,1H3. The van der Waals surface area contributed by atoms with Crippen molar-refractivity contribution in [2.24, 2.45) is 11.7 Å². The van der Waals surface area contributed by atoms with E-state index in [1.807, 2.05) is 0 Å². The van der Waals surface area contributed by atoms with E-state index in [1.165, 1.54) is 24.2 Å². The lowest BCUT2D eigenvalue weighted by molar-refractivity contribution is 0.168. The molecule has 0 radical (unpaired) electrons. The Morgan fingerprint density at radius 2 is 2.19 bits per heavy atom. The van der Waals surface area contributed by atoms with Crippen molar-refractivity contribution < 1.29 is 0 Å². The van der Waals surface area contributed by atoms with E-state index in [-0.39, 0.29) is 6.04 Å². The van der Waals surface area contributed by atoms with Crippen LogP contribution in [-0.2, 0) is 0 Å². The summed E-state index contributed by atoms with van der Waals surface area (Å²) in [6, 6.07) is 9.19. The second kappa shape index (κ2) is 3.75. The second-order valence-corrected chi connectivity index (χ2v) is 5.08. The number of nitrogens with one attached hydrogen (secondary N) is 1. The summed E-state index contributed by atoms with van der Waals surface area (Å²) in [6.07, 6.45) is 1.20. The summed E-state index contributed by atoms with van der Waals surface area (Å²) in [5.41, 5.74) is 8.91. The smallest absolute Gasteiger partial charge is 0.0391 e. The number of nitrogens with two attached hydrogens (primary N) is 1. The molecule has 3 nitrogen and oxygen atoms in total. The monoisotopic (exact) mass is 217 g/mol. The van der Waals surface area contributed by atoms with Crippen molar-refractivity contribution in [3.8, 4) is 0 Å². The molecule has 2 aliphatic heterocycles. The number of anilines is 1. The van der Waals surface area contributed by atoms with Crippen LogP contribution in [-0.4, -0.2) is 31.1 Å². The zero-order valence-electron chi connectivity index (χ0n) is 9.69. The summed E-state index contributed by atoms with van der Waals surface area (Å²) in [5.74, 6) is 0.550. The molecule has 1 saturated heterocycles. The van der Waals surface area contributed by atoms with Crippen molar-refractivity contribution in [2.45, 2.75) is 18.5 Å². The molecule has 3 unspecified atom stereocenters. The summed E-state index contributed by atoms with van der Waals surface area (Å²) < 4.78 is 0. The molecule has 3 atom stereocenters. The summed E-state index contributed by atoms with van der Waals surface area (Å²) >= 11 is 0. The molecule has 3 heteroatoms. The van der Waals surface area contributed by atoms with E-state index >= 15 is 0 Å².